The Morgan fingerprint density at radius 3 is 2.84 bits per heavy atom. The van der Waals surface area contributed by atoms with Crippen LogP contribution < -0.4 is 5.32 Å². The maximum Gasteiger partial charge on any atom is 0.296 e. The van der Waals surface area contributed by atoms with Crippen LogP contribution in [0.4, 0.5) is 5.69 Å². The van der Waals surface area contributed by atoms with Crippen molar-refractivity contribution in [2.75, 3.05) is 5.32 Å². The first-order valence-electron chi connectivity index (χ1n) is 5.40. The Labute approximate surface area is 121 Å². The number of imidazole rings is 1. The minimum Gasteiger partial charge on any atom is -0.329 e. The van der Waals surface area contributed by atoms with E-state index < -0.39 is 11.7 Å². The molecule has 0 aliphatic carbocycles. The lowest BCUT2D eigenvalue weighted by atomic mass is 10.1. The summed E-state index contributed by atoms with van der Waals surface area (Å²) in [7, 11) is 1.90. The minimum atomic E-state index is -0.582. The van der Waals surface area contributed by atoms with Crippen LogP contribution in [0.1, 0.15) is 10.4 Å². The number of nitrogens with one attached hydrogen (secondary N) is 1. The van der Waals surface area contributed by atoms with Crippen LogP contribution in [0, 0.1) is 0 Å². The van der Waals surface area contributed by atoms with Gasteiger partial charge in [0.05, 0.1) is 11.3 Å². The van der Waals surface area contributed by atoms with E-state index in [1.165, 1.54) is 11.8 Å². The Morgan fingerprint density at radius 2 is 2.16 bits per heavy atom. The standard InChI is InChI=1S/C12H8BrN3O2S/c1-16-3-2-14-12(16)19-9-5-8-6(4-7(9)13)10(17)11(18)15-8/h2-5H,1H3,(H,15,17,18). The molecule has 96 valence electrons. The Bertz CT molecular complexity index is 711. The molecule has 0 saturated heterocycles. The maximum absolute atomic E-state index is 11.6. The first-order chi connectivity index (χ1) is 9.06. The molecular formula is C12H8BrN3O2S. The summed E-state index contributed by atoms with van der Waals surface area (Å²) in [5, 5.41) is 3.39. The van der Waals surface area contributed by atoms with Gasteiger partial charge in [-0.3, -0.25) is 9.59 Å². The van der Waals surface area contributed by atoms with Crippen molar-refractivity contribution >= 4 is 45.1 Å². The largest absolute Gasteiger partial charge is 0.329 e. The van der Waals surface area contributed by atoms with Crippen molar-refractivity contribution in [2.24, 2.45) is 7.05 Å². The zero-order valence-electron chi connectivity index (χ0n) is 9.81. The number of anilines is 1. The molecule has 2 aromatic rings. The Morgan fingerprint density at radius 1 is 1.37 bits per heavy atom. The summed E-state index contributed by atoms with van der Waals surface area (Å²) in [5.74, 6) is -1.08. The van der Waals surface area contributed by atoms with E-state index in [1.54, 1.807) is 18.3 Å². The number of fused-ring (bicyclic) bond motifs is 1. The lowest BCUT2D eigenvalue weighted by Gasteiger charge is -2.06. The normalized spacial score (nSPS) is 13.6. The SMILES string of the molecule is Cn1ccnc1Sc1cc2c(cc1Br)C(=O)C(=O)N2. The second-order valence-corrected chi connectivity index (χ2v) is 5.90. The highest BCUT2D eigenvalue weighted by atomic mass is 79.9. The van der Waals surface area contributed by atoms with Gasteiger partial charge < -0.3 is 9.88 Å². The van der Waals surface area contributed by atoms with E-state index >= 15 is 0 Å². The number of Topliss-reactive ketones (excluding diaryl/α,β-unsaturated/α-hetero) is 1. The van der Waals surface area contributed by atoms with Gasteiger partial charge >= 0.3 is 0 Å². The number of carbonyl (C=O) groups is 2. The highest BCUT2D eigenvalue weighted by Crippen LogP contribution is 2.37. The van der Waals surface area contributed by atoms with Crippen LogP contribution in [0.3, 0.4) is 0 Å². The molecule has 1 amide bonds. The van der Waals surface area contributed by atoms with Gasteiger partial charge in [-0.2, -0.15) is 0 Å². The monoisotopic (exact) mass is 337 g/mol. The molecule has 0 unspecified atom stereocenters. The Kier molecular flexibility index (Phi) is 2.94. The van der Waals surface area contributed by atoms with Crippen molar-refractivity contribution in [3.8, 4) is 0 Å². The first kappa shape index (κ1) is 12.4. The van der Waals surface area contributed by atoms with Gasteiger partial charge in [0.2, 0.25) is 0 Å². The number of hydrogen-bond donors (Lipinski definition) is 1. The maximum atomic E-state index is 11.6. The first-order valence-corrected chi connectivity index (χ1v) is 7.01. The summed E-state index contributed by atoms with van der Waals surface area (Å²) in [4.78, 5) is 28.0. The Balaban J connectivity index is 2.01. The number of nitrogens with zero attached hydrogens (tertiary/aromatic N) is 2. The summed E-state index contributed by atoms with van der Waals surface area (Å²) < 4.78 is 2.66. The number of hydrogen-bond acceptors (Lipinski definition) is 4. The van der Waals surface area contributed by atoms with Crippen molar-refractivity contribution in [3.63, 3.8) is 0 Å². The molecule has 1 aliphatic heterocycles. The summed E-state index contributed by atoms with van der Waals surface area (Å²) >= 11 is 4.88. The number of rotatable bonds is 2. The predicted molar refractivity (Wildman–Crippen MR) is 74.4 cm³/mol. The molecule has 1 aromatic carbocycles. The fraction of sp³-hybridized carbons (Fsp3) is 0.0833. The van der Waals surface area contributed by atoms with E-state index in [1.807, 2.05) is 17.8 Å². The van der Waals surface area contributed by atoms with Gasteiger partial charge in [0.25, 0.3) is 11.7 Å². The molecule has 0 bridgehead atoms. The third-order valence-electron chi connectivity index (χ3n) is 2.75. The lowest BCUT2D eigenvalue weighted by molar-refractivity contribution is -0.112. The molecule has 2 heterocycles. The third-order valence-corrected chi connectivity index (χ3v) is 4.80. The minimum absolute atomic E-state index is 0.404. The molecule has 0 fully saturated rings. The molecule has 1 aliphatic rings. The van der Waals surface area contributed by atoms with E-state index in [2.05, 4.69) is 26.2 Å². The van der Waals surface area contributed by atoms with E-state index in [4.69, 9.17) is 0 Å². The van der Waals surface area contributed by atoms with Crippen molar-refractivity contribution in [1.82, 2.24) is 9.55 Å². The highest BCUT2D eigenvalue weighted by molar-refractivity contribution is 9.10. The van der Waals surface area contributed by atoms with Crippen molar-refractivity contribution in [2.45, 2.75) is 10.1 Å². The fourth-order valence-corrected chi connectivity index (χ4v) is 3.21. The van der Waals surface area contributed by atoms with E-state index in [0.29, 0.717) is 11.3 Å². The molecular weight excluding hydrogens is 330 g/mol. The van der Waals surface area contributed by atoms with Crippen molar-refractivity contribution in [1.29, 1.82) is 0 Å². The van der Waals surface area contributed by atoms with Gasteiger partial charge in [0.1, 0.15) is 0 Å². The highest BCUT2D eigenvalue weighted by Gasteiger charge is 2.29. The zero-order valence-corrected chi connectivity index (χ0v) is 12.2. The van der Waals surface area contributed by atoms with Gasteiger partial charge in [0, 0.05) is 28.8 Å². The van der Waals surface area contributed by atoms with Crippen LogP contribution in [-0.4, -0.2) is 21.2 Å². The molecule has 0 spiro atoms. The van der Waals surface area contributed by atoms with E-state index in [0.717, 1.165) is 14.5 Å². The average Bonchev–Trinajstić information content (AvgIpc) is 2.88. The predicted octanol–water partition coefficient (Wildman–Crippen LogP) is 2.47. The average molecular weight is 338 g/mol. The zero-order chi connectivity index (χ0) is 13.6. The number of amides is 1. The quantitative estimate of drug-likeness (QED) is 0.855. The summed E-state index contributed by atoms with van der Waals surface area (Å²) in [5.41, 5.74) is 0.955. The number of carbonyl (C=O) groups excluding carboxylic acids is 2. The molecule has 7 heteroatoms. The topological polar surface area (TPSA) is 64.0 Å². The smallest absolute Gasteiger partial charge is 0.296 e. The summed E-state index contributed by atoms with van der Waals surface area (Å²) in [6.07, 6.45) is 3.57. The molecule has 0 atom stereocenters. The number of benzene rings is 1. The van der Waals surface area contributed by atoms with Crippen molar-refractivity contribution in [3.05, 3.63) is 34.6 Å². The van der Waals surface area contributed by atoms with Crippen molar-refractivity contribution < 1.29 is 9.59 Å². The van der Waals surface area contributed by atoms with Gasteiger partial charge in [-0.15, -0.1) is 0 Å². The molecule has 19 heavy (non-hydrogen) atoms. The number of aromatic nitrogens is 2. The molecule has 1 aromatic heterocycles. The van der Waals surface area contributed by atoms with Crippen LogP contribution >= 0.6 is 27.7 Å². The summed E-state index contributed by atoms with van der Waals surface area (Å²) in [6.45, 7) is 0. The van der Waals surface area contributed by atoms with E-state index in [9.17, 15) is 9.59 Å². The van der Waals surface area contributed by atoms with Crippen LogP contribution in [0.15, 0.2) is 39.1 Å². The third kappa shape index (κ3) is 2.08. The molecule has 3 rings (SSSR count). The molecule has 0 radical (unpaired) electrons. The van der Waals surface area contributed by atoms with E-state index in [-0.39, 0.29) is 0 Å². The van der Waals surface area contributed by atoms with Crippen LogP contribution in [0.2, 0.25) is 0 Å². The summed E-state index contributed by atoms with van der Waals surface area (Å²) in [6, 6.07) is 3.45. The van der Waals surface area contributed by atoms with Gasteiger partial charge in [-0.25, -0.2) is 4.98 Å². The van der Waals surface area contributed by atoms with Gasteiger partial charge in [-0.1, -0.05) is 11.8 Å². The molecule has 1 N–H and O–H groups in total. The van der Waals surface area contributed by atoms with Gasteiger partial charge in [-0.05, 0) is 28.1 Å². The number of halogens is 1. The molecule has 0 saturated carbocycles. The second-order valence-electron chi connectivity index (χ2n) is 4.03. The van der Waals surface area contributed by atoms with Gasteiger partial charge in [0.15, 0.2) is 5.16 Å². The van der Waals surface area contributed by atoms with Crippen LogP contribution in [0.25, 0.3) is 0 Å². The number of aryl methyl sites for hydroxylation is 1. The number of ketones is 1. The second kappa shape index (κ2) is 4.50. The lowest BCUT2D eigenvalue weighted by Crippen LogP contribution is -2.12. The Hall–Kier alpha value is -1.60. The van der Waals surface area contributed by atoms with Crippen LogP contribution in [0.5, 0.6) is 0 Å². The molecule has 5 nitrogen and oxygen atoms in total. The van der Waals surface area contributed by atoms with Crippen LogP contribution in [-0.2, 0) is 11.8 Å². The fourth-order valence-electron chi connectivity index (χ4n) is 1.77.